The number of hydrogen-bond acceptors (Lipinski definition) is 3. The molecular weight excluding hydrogens is 333 g/mol. The van der Waals surface area contributed by atoms with E-state index in [9.17, 15) is 9.50 Å². The third kappa shape index (κ3) is 4.07. The summed E-state index contributed by atoms with van der Waals surface area (Å²) in [4.78, 5) is 4.27. The first kappa shape index (κ1) is 18.0. The highest BCUT2D eigenvalue weighted by molar-refractivity contribution is 5.80. The highest BCUT2D eigenvalue weighted by atomic mass is 19.1. The Hall–Kier alpha value is -2.76. The topological polar surface area (TPSA) is 65.9 Å². The number of nitrogens with one attached hydrogen (secondary N) is 2. The van der Waals surface area contributed by atoms with Crippen molar-refractivity contribution in [3.8, 4) is 11.5 Å². The molecule has 0 saturated carbocycles. The predicted molar refractivity (Wildman–Crippen MR) is 99.9 cm³/mol. The molecule has 1 atom stereocenters. The van der Waals surface area contributed by atoms with Crippen LogP contribution < -0.4 is 15.4 Å². The summed E-state index contributed by atoms with van der Waals surface area (Å²) in [6, 6.07) is 12.4. The molecule has 1 unspecified atom stereocenters. The van der Waals surface area contributed by atoms with Gasteiger partial charge >= 0.3 is 0 Å². The van der Waals surface area contributed by atoms with E-state index in [1.165, 1.54) is 12.1 Å². The van der Waals surface area contributed by atoms with E-state index in [1.807, 2.05) is 24.3 Å². The van der Waals surface area contributed by atoms with Crippen molar-refractivity contribution in [2.24, 2.45) is 4.99 Å². The fourth-order valence-corrected chi connectivity index (χ4v) is 3.14. The van der Waals surface area contributed by atoms with E-state index in [4.69, 9.17) is 4.74 Å². The number of aliphatic imine (C=N–C) groups is 1. The number of nitrogens with zero attached hydrogens (tertiary/aromatic N) is 1. The van der Waals surface area contributed by atoms with Crippen molar-refractivity contribution in [3.63, 3.8) is 0 Å². The van der Waals surface area contributed by atoms with E-state index in [0.29, 0.717) is 12.5 Å². The minimum absolute atomic E-state index is 0.0534. The number of para-hydroxylation sites is 1. The molecule has 138 valence electrons. The Bertz CT molecular complexity index is 820. The Labute approximate surface area is 152 Å². The van der Waals surface area contributed by atoms with Crippen LogP contribution in [0.15, 0.2) is 47.5 Å². The molecule has 5 nitrogen and oxygen atoms in total. The molecule has 0 spiro atoms. The SMILES string of the molecule is CN=C(NCc1ccc(O)c(F)c1)NC1CC(C)(C)Oc2ccccc21. The molecule has 3 N–H and O–H groups in total. The zero-order valence-electron chi connectivity index (χ0n) is 15.2. The van der Waals surface area contributed by atoms with Gasteiger partial charge in [0, 0.05) is 25.6 Å². The first-order chi connectivity index (χ1) is 12.4. The number of phenolic OH excluding ortho intramolecular Hbond substituents is 1. The van der Waals surface area contributed by atoms with Crippen LogP contribution in [0.2, 0.25) is 0 Å². The van der Waals surface area contributed by atoms with E-state index in [1.54, 1.807) is 13.1 Å². The maximum Gasteiger partial charge on any atom is 0.191 e. The molecule has 0 radical (unpaired) electrons. The molecule has 1 heterocycles. The molecular formula is C20H24FN3O2. The second kappa shape index (κ2) is 7.23. The van der Waals surface area contributed by atoms with Crippen LogP contribution in [0.4, 0.5) is 4.39 Å². The third-order valence-electron chi connectivity index (χ3n) is 4.38. The molecule has 26 heavy (non-hydrogen) atoms. The quantitative estimate of drug-likeness (QED) is 0.581. The number of phenols is 1. The van der Waals surface area contributed by atoms with Gasteiger partial charge in [0.1, 0.15) is 11.4 Å². The maximum atomic E-state index is 13.5. The van der Waals surface area contributed by atoms with Crippen LogP contribution >= 0.6 is 0 Å². The second-order valence-electron chi connectivity index (χ2n) is 7.01. The summed E-state index contributed by atoms with van der Waals surface area (Å²) in [7, 11) is 1.70. The minimum Gasteiger partial charge on any atom is -0.505 e. The third-order valence-corrected chi connectivity index (χ3v) is 4.38. The monoisotopic (exact) mass is 357 g/mol. The number of ether oxygens (including phenoxy) is 1. The zero-order valence-corrected chi connectivity index (χ0v) is 15.2. The van der Waals surface area contributed by atoms with E-state index in [0.717, 1.165) is 23.3 Å². The first-order valence-corrected chi connectivity index (χ1v) is 8.60. The van der Waals surface area contributed by atoms with Gasteiger partial charge in [-0.05, 0) is 37.6 Å². The van der Waals surface area contributed by atoms with Crippen molar-refractivity contribution in [3.05, 3.63) is 59.4 Å². The summed E-state index contributed by atoms with van der Waals surface area (Å²) in [6.07, 6.45) is 0.790. The maximum absolute atomic E-state index is 13.5. The van der Waals surface area contributed by atoms with Crippen LogP contribution in [-0.2, 0) is 6.54 Å². The summed E-state index contributed by atoms with van der Waals surface area (Å²) >= 11 is 0. The number of rotatable bonds is 3. The molecule has 2 aromatic carbocycles. The van der Waals surface area contributed by atoms with Gasteiger partial charge < -0.3 is 20.5 Å². The van der Waals surface area contributed by atoms with E-state index < -0.39 is 5.82 Å². The molecule has 1 aliphatic rings. The number of aromatic hydroxyl groups is 1. The minimum atomic E-state index is -0.632. The highest BCUT2D eigenvalue weighted by Gasteiger charge is 2.33. The lowest BCUT2D eigenvalue weighted by Gasteiger charge is -2.38. The average molecular weight is 357 g/mol. The van der Waals surface area contributed by atoms with Crippen molar-refractivity contribution < 1.29 is 14.2 Å². The number of benzene rings is 2. The van der Waals surface area contributed by atoms with Crippen LogP contribution in [0, 0.1) is 5.82 Å². The normalized spacial score (nSPS) is 18.6. The van der Waals surface area contributed by atoms with Crippen molar-refractivity contribution in [1.82, 2.24) is 10.6 Å². The standard InChI is InChI=1S/C20H24FN3O2/c1-20(2)11-16(14-6-4-5-7-18(14)26-20)24-19(22-3)23-12-13-8-9-17(25)15(21)10-13/h4-10,16,25H,11-12H2,1-3H3,(H2,22,23,24). The summed E-state index contributed by atoms with van der Waals surface area (Å²) in [5, 5.41) is 15.9. The number of halogens is 1. The van der Waals surface area contributed by atoms with Crippen LogP contribution in [0.5, 0.6) is 11.5 Å². The summed E-state index contributed by atoms with van der Waals surface area (Å²) in [5.74, 6) is 0.512. The lowest BCUT2D eigenvalue weighted by atomic mass is 9.90. The number of fused-ring (bicyclic) bond motifs is 1. The molecule has 2 aromatic rings. The molecule has 0 amide bonds. The molecule has 0 bridgehead atoms. The molecule has 0 aliphatic carbocycles. The lowest BCUT2D eigenvalue weighted by Crippen LogP contribution is -2.45. The van der Waals surface area contributed by atoms with Gasteiger partial charge in [0.15, 0.2) is 17.5 Å². The van der Waals surface area contributed by atoms with Crippen molar-refractivity contribution in [2.75, 3.05) is 7.05 Å². The van der Waals surface area contributed by atoms with Gasteiger partial charge in [0.05, 0.1) is 6.04 Å². The summed E-state index contributed by atoms with van der Waals surface area (Å²) in [5.41, 5.74) is 1.52. The smallest absolute Gasteiger partial charge is 0.191 e. The first-order valence-electron chi connectivity index (χ1n) is 8.60. The van der Waals surface area contributed by atoms with Crippen LogP contribution in [0.25, 0.3) is 0 Å². The average Bonchev–Trinajstić information content (AvgIpc) is 2.60. The van der Waals surface area contributed by atoms with Gasteiger partial charge in [-0.25, -0.2) is 4.39 Å². The predicted octanol–water partition coefficient (Wildman–Crippen LogP) is 3.50. The van der Waals surface area contributed by atoms with Gasteiger partial charge in [-0.1, -0.05) is 24.3 Å². The van der Waals surface area contributed by atoms with Gasteiger partial charge in [0.2, 0.25) is 0 Å². The van der Waals surface area contributed by atoms with Crippen LogP contribution in [0.1, 0.15) is 37.4 Å². The zero-order chi connectivity index (χ0) is 18.7. The summed E-state index contributed by atoms with van der Waals surface area (Å²) < 4.78 is 19.5. The Morgan fingerprint density at radius 3 is 2.81 bits per heavy atom. The van der Waals surface area contributed by atoms with Crippen molar-refractivity contribution in [1.29, 1.82) is 0 Å². The Morgan fingerprint density at radius 1 is 1.31 bits per heavy atom. The molecule has 0 fully saturated rings. The lowest BCUT2D eigenvalue weighted by molar-refractivity contribution is 0.0694. The Balaban J connectivity index is 1.71. The molecule has 3 rings (SSSR count). The van der Waals surface area contributed by atoms with Gasteiger partial charge in [0.25, 0.3) is 0 Å². The van der Waals surface area contributed by atoms with E-state index >= 15 is 0 Å². The molecule has 1 aliphatic heterocycles. The van der Waals surface area contributed by atoms with Crippen molar-refractivity contribution >= 4 is 5.96 Å². The van der Waals surface area contributed by atoms with Crippen molar-refractivity contribution in [2.45, 2.75) is 38.5 Å². The van der Waals surface area contributed by atoms with E-state index in [-0.39, 0.29) is 17.4 Å². The molecule has 6 heteroatoms. The Morgan fingerprint density at radius 2 is 2.08 bits per heavy atom. The fraction of sp³-hybridized carbons (Fsp3) is 0.350. The highest BCUT2D eigenvalue weighted by Crippen LogP contribution is 2.39. The fourth-order valence-electron chi connectivity index (χ4n) is 3.14. The van der Waals surface area contributed by atoms with E-state index in [2.05, 4.69) is 29.5 Å². The van der Waals surface area contributed by atoms with Gasteiger partial charge in [-0.2, -0.15) is 0 Å². The van der Waals surface area contributed by atoms with Crippen LogP contribution in [-0.4, -0.2) is 23.7 Å². The number of hydrogen-bond donors (Lipinski definition) is 3. The van der Waals surface area contributed by atoms with Crippen LogP contribution in [0.3, 0.4) is 0 Å². The van der Waals surface area contributed by atoms with Gasteiger partial charge in [-0.15, -0.1) is 0 Å². The second-order valence-corrected chi connectivity index (χ2v) is 7.01. The Kier molecular flexibility index (Phi) is 5.02. The summed E-state index contributed by atoms with van der Waals surface area (Å²) in [6.45, 7) is 4.52. The number of guanidine groups is 1. The molecule has 0 aromatic heterocycles. The van der Waals surface area contributed by atoms with Gasteiger partial charge in [-0.3, -0.25) is 4.99 Å². The largest absolute Gasteiger partial charge is 0.505 e. The molecule has 0 saturated heterocycles.